The predicted molar refractivity (Wildman–Crippen MR) is 95.7 cm³/mol. The average molecular weight is 382 g/mol. The third-order valence-electron chi connectivity index (χ3n) is 3.94. The van der Waals surface area contributed by atoms with Crippen molar-refractivity contribution < 1.29 is 32.9 Å². The average Bonchev–Trinajstić information content (AvgIpc) is 2.70. The van der Waals surface area contributed by atoms with Gasteiger partial charge in [-0.15, -0.1) is 0 Å². The maximum absolute atomic E-state index is 14.5. The van der Waals surface area contributed by atoms with Gasteiger partial charge in [-0.3, -0.25) is 0 Å². The minimum absolute atomic E-state index is 0.00481. The van der Waals surface area contributed by atoms with Crippen molar-refractivity contribution in [2.45, 2.75) is 6.42 Å². The molecule has 0 saturated heterocycles. The molecule has 0 saturated carbocycles. The van der Waals surface area contributed by atoms with Gasteiger partial charge in [-0.1, -0.05) is 6.07 Å². The van der Waals surface area contributed by atoms with E-state index in [-0.39, 0.29) is 30.3 Å². The Labute approximate surface area is 156 Å². The quantitative estimate of drug-likeness (QED) is 0.537. The van der Waals surface area contributed by atoms with Gasteiger partial charge in [0.2, 0.25) is 0 Å². The van der Waals surface area contributed by atoms with Gasteiger partial charge in [0.1, 0.15) is 18.2 Å². The highest BCUT2D eigenvalue weighted by atomic mass is 19.1. The van der Waals surface area contributed by atoms with E-state index < -0.39 is 17.8 Å². The second kappa shape index (κ2) is 9.89. The minimum atomic E-state index is -0.742. The standard InChI is InChI=1S/C18H23FN2O6/c1-24-9-5-8-20-15-13(19)6-4-7-14(15)21-11-27-10-12(17(22)25-2)16(21)18(23)26-3/h4,6-7,20H,5,8-11H2,1-3H3. The lowest BCUT2D eigenvalue weighted by molar-refractivity contribution is -0.140. The number of methoxy groups -OCH3 is 3. The van der Waals surface area contributed by atoms with Crippen LogP contribution in [0, 0.1) is 5.82 Å². The molecular weight excluding hydrogens is 359 g/mol. The molecular formula is C18H23FN2O6. The summed E-state index contributed by atoms with van der Waals surface area (Å²) in [7, 11) is 3.99. The Hall–Kier alpha value is -2.65. The smallest absolute Gasteiger partial charge is 0.355 e. The van der Waals surface area contributed by atoms with Gasteiger partial charge in [0.15, 0.2) is 0 Å². The molecule has 2 rings (SSSR count). The van der Waals surface area contributed by atoms with Crippen LogP contribution in [0.2, 0.25) is 0 Å². The van der Waals surface area contributed by atoms with Crippen LogP contribution < -0.4 is 10.2 Å². The molecule has 9 heteroatoms. The van der Waals surface area contributed by atoms with Gasteiger partial charge in [0.05, 0.1) is 37.8 Å². The van der Waals surface area contributed by atoms with E-state index in [0.29, 0.717) is 25.3 Å². The first kappa shape index (κ1) is 20.7. The molecule has 1 aliphatic heterocycles. The van der Waals surface area contributed by atoms with Crippen LogP contribution in [-0.2, 0) is 28.5 Å². The summed E-state index contributed by atoms with van der Waals surface area (Å²) < 4.78 is 34.4. The minimum Gasteiger partial charge on any atom is -0.466 e. The normalized spacial score (nSPS) is 14.1. The summed E-state index contributed by atoms with van der Waals surface area (Å²) in [5.41, 5.74) is 0.491. The van der Waals surface area contributed by atoms with Crippen LogP contribution >= 0.6 is 0 Å². The third kappa shape index (κ3) is 4.75. The first-order valence-electron chi connectivity index (χ1n) is 8.31. The van der Waals surface area contributed by atoms with Crippen LogP contribution in [0.15, 0.2) is 29.5 Å². The first-order valence-corrected chi connectivity index (χ1v) is 8.31. The second-order valence-electron chi connectivity index (χ2n) is 5.62. The molecule has 0 unspecified atom stereocenters. The zero-order chi connectivity index (χ0) is 19.8. The van der Waals surface area contributed by atoms with E-state index in [1.54, 1.807) is 13.2 Å². The molecule has 27 heavy (non-hydrogen) atoms. The highest BCUT2D eigenvalue weighted by Crippen LogP contribution is 2.34. The maximum Gasteiger partial charge on any atom is 0.355 e. The van der Waals surface area contributed by atoms with Crippen molar-refractivity contribution in [3.05, 3.63) is 35.3 Å². The SMILES string of the molecule is COCCCNc1c(F)cccc1N1COCC(C(=O)OC)=C1C(=O)OC. The molecule has 1 N–H and O–H groups in total. The summed E-state index contributed by atoms with van der Waals surface area (Å²) in [5, 5.41) is 3.01. The number of nitrogens with one attached hydrogen (secondary N) is 1. The lowest BCUT2D eigenvalue weighted by Crippen LogP contribution is -2.39. The zero-order valence-corrected chi connectivity index (χ0v) is 15.5. The fraction of sp³-hybridized carbons (Fsp3) is 0.444. The van der Waals surface area contributed by atoms with Crippen molar-refractivity contribution in [1.29, 1.82) is 0 Å². The maximum atomic E-state index is 14.5. The molecule has 0 fully saturated rings. The molecule has 1 heterocycles. The van der Waals surface area contributed by atoms with E-state index in [2.05, 4.69) is 5.32 Å². The van der Waals surface area contributed by atoms with E-state index in [4.69, 9.17) is 18.9 Å². The summed E-state index contributed by atoms with van der Waals surface area (Å²) in [5.74, 6) is -1.96. The Balaban J connectivity index is 2.46. The van der Waals surface area contributed by atoms with Crippen LogP contribution in [0.5, 0.6) is 0 Å². The van der Waals surface area contributed by atoms with Gasteiger partial charge >= 0.3 is 11.9 Å². The molecule has 0 radical (unpaired) electrons. The Kier molecular flexibility index (Phi) is 7.56. The number of ether oxygens (including phenoxy) is 4. The topological polar surface area (TPSA) is 86.3 Å². The Morgan fingerprint density at radius 2 is 1.96 bits per heavy atom. The Morgan fingerprint density at radius 3 is 2.63 bits per heavy atom. The van der Waals surface area contributed by atoms with Gasteiger partial charge in [0.25, 0.3) is 0 Å². The molecule has 0 amide bonds. The molecule has 0 aliphatic carbocycles. The number of carbonyl (C=O) groups excluding carboxylic acids is 2. The molecule has 148 valence electrons. The van der Waals surface area contributed by atoms with Crippen molar-refractivity contribution in [3.8, 4) is 0 Å². The Bertz CT molecular complexity index is 722. The molecule has 1 aromatic rings. The van der Waals surface area contributed by atoms with Gasteiger partial charge in [-0.05, 0) is 18.6 Å². The van der Waals surface area contributed by atoms with Crippen molar-refractivity contribution in [2.24, 2.45) is 0 Å². The number of para-hydroxylation sites is 1. The molecule has 0 spiro atoms. The molecule has 0 atom stereocenters. The number of rotatable bonds is 8. The highest BCUT2D eigenvalue weighted by Gasteiger charge is 2.33. The van der Waals surface area contributed by atoms with Gasteiger partial charge < -0.3 is 29.2 Å². The van der Waals surface area contributed by atoms with Gasteiger partial charge in [-0.2, -0.15) is 0 Å². The number of carbonyl (C=O) groups is 2. The summed E-state index contributed by atoms with van der Waals surface area (Å²) in [6, 6.07) is 4.43. The van der Waals surface area contributed by atoms with Crippen molar-refractivity contribution in [2.75, 3.05) is 58.0 Å². The number of hydrogen-bond donors (Lipinski definition) is 1. The second-order valence-corrected chi connectivity index (χ2v) is 5.62. The summed E-state index contributed by atoms with van der Waals surface area (Å²) >= 11 is 0. The van der Waals surface area contributed by atoms with E-state index >= 15 is 0 Å². The molecule has 0 aromatic heterocycles. The van der Waals surface area contributed by atoms with Crippen LogP contribution in [-0.4, -0.2) is 59.8 Å². The fourth-order valence-electron chi connectivity index (χ4n) is 2.68. The first-order chi connectivity index (χ1) is 13.0. The number of esters is 2. The lowest BCUT2D eigenvalue weighted by Gasteiger charge is -2.32. The van der Waals surface area contributed by atoms with E-state index in [0.717, 1.165) is 0 Å². The van der Waals surface area contributed by atoms with Crippen LogP contribution in [0.1, 0.15) is 6.42 Å². The van der Waals surface area contributed by atoms with Crippen LogP contribution in [0.25, 0.3) is 0 Å². The fourth-order valence-corrected chi connectivity index (χ4v) is 2.68. The van der Waals surface area contributed by atoms with Gasteiger partial charge in [0, 0.05) is 20.3 Å². The highest BCUT2D eigenvalue weighted by molar-refractivity contribution is 6.04. The zero-order valence-electron chi connectivity index (χ0n) is 15.5. The number of nitrogens with zero attached hydrogens (tertiary/aromatic N) is 1. The van der Waals surface area contributed by atoms with Crippen molar-refractivity contribution in [1.82, 2.24) is 0 Å². The number of benzene rings is 1. The lowest BCUT2D eigenvalue weighted by atomic mass is 10.1. The molecule has 1 aliphatic rings. The molecule has 0 bridgehead atoms. The largest absolute Gasteiger partial charge is 0.466 e. The number of hydrogen-bond acceptors (Lipinski definition) is 8. The third-order valence-corrected chi connectivity index (χ3v) is 3.94. The van der Waals surface area contributed by atoms with Crippen LogP contribution in [0.3, 0.4) is 0 Å². The summed E-state index contributed by atoms with van der Waals surface area (Å²) in [6.07, 6.45) is 0.661. The van der Waals surface area contributed by atoms with Crippen molar-refractivity contribution >= 4 is 23.3 Å². The van der Waals surface area contributed by atoms with Crippen LogP contribution in [0.4, 0.5) is 15.8 Å². The summed E-state index contributed by atoms with van der Waals surface area (Å²) in [6.45, 7) is 0.807. The summed E-state index contributed by atoms with van der Waals surface area (Å²) in [4.78, 5) is 25.8. The van der Waals surface area contributed by atoms with Gasteiger partial charge in [-0.25, -0.2) is 14.0 Å². The number of halogens is 1. The molecule has 8 nitrogen and oxygen atoms in total. The predicted octanol–water partition coefficient (Wildman–Crippen LogP) is 1.67. The van der Waals surface area contributed by atoms with E-state index in [1.807, 2.05) is 0 Å². The molecule has 1 aromatic carbocycles. The Morgan fingerprint density at radius 1 is 1.22 bits per heavy atom. The van der Waals surface area contributed by atoms with E-state index in [1.165, 1.54) is 31.3 Å². The van der Waals surface area contributed by atoms with E-state index in [9.17, 15) is 14.0 Å². The van der Waals surface area contributed by atoms with Crippen molar-refractivity contribution in [3.63, 3.8) is 0 Å². The number of anilines is 2. The monoisotopic (exact) mass is 382 g/mol.